The van der Waals surface area contributed by atoms with Crippen LogP contribution in [0.4, 0.5) is 5.69 Å². The van der Waals surface area contributed by atoms with E-state index < -0.39 is 0 Å². The Morgan fingerprint density at radius 1 is 1.29 bits per heavy atom. The fourth-order valence-corrected chi connectivity index (χ4v) is 2.47. The summed E-state index contributed by atoms with van der Waals surface area (Å²) in [5.41, 5.74) is 1.96. The summed E-state index contributed by atoms with van der Waals surface area (Å²) in [6.07, 6.45) is 6.39. The van der Waals surface area contributed by atoms with Crippen molar-refractivity contribution in [3.8, 4) is 6.07 Å². The van der Waals surface area contributed by atoms with Gasteiger partial charge in [0.1, 0.15) is 11.6 Å². The molecule has 110 valence electrons. The topological polar surface area (TPSA) is 56.1 Å². The van der Waals surface area contributed by atoms with Crippen LogP contribution in [0.3, 0.4) is 0 Å². The van der Waals surface area contributed by atoms with Crippen molar-refractivity contribution in [3.05, 3.63) is 41.6 Å². The number of rotatable bonds is 3. The average molecular weight is 283 g/mol. The Balaban J connectivity index is 2.05. The van der Waals surface area contributed by atoms with Crippen molar-refractivity contribution in [3.63, 3.8) is 0 Å². The van der Waals surface area contributed by atoms with Crippen LogP contribution in [0, 0.1) is 18.3 Å². The average Bonchev–Trinajstić information content (AvgIpc) is 2.73. The normalized spacial score (nSPS) is 16.0. The molecule has 1 heterocycles. The number of hydrogen-bond donors (Lipinski definition) is 1. The maximum Gasteiger partial charge on any atom is 0.267 e. The molecule has 0 atom stereocenters. The van der Waals surface area contributed by atoms with E-state index in [-0.39, 0.29) is 11.5 Å². The summed E-state index contributed by atoms with van der Waals surface area (Å²) in [7, 11) is 0. The van der Waals surface area contributed by atoms with E-state index in [2.05, 4.69) is 10.2 Å². The Labute approximate surface area is 126 Å². The van der Waals surface area contributed by atoms with Gasteiger partial charge in [-0.3, -0.25) is 4.79 Å². The lowest BCUT2D eigenvalue weighted by Crippen LogP contribution is -2.22. The van der Waals surface area contributed by atoms with Crippen LogP contribution >= 0.6 is 0 Å². The Hall–Kier alpha value is -2.28. The predicted octanol–water partition coefficient (Wildman–Crippen LogP) is 3.22. The van der Waals surface area contributed by atoms with Gasteiger partial charge in [-0.2, -0.15) is 5.26 Å². The zero-order valence-electron chi connectivity index (χ0n) is 12.4. The quantitative estimate of drug-likeness (QED) is 0.684. The predicted molar refractivity (Wildman–Crippen MR) is 83.5 cm³/mol. The zero-order chi connectivity index (χ0) is 15.1. The molecule has 1 aliphatic rings. The molecule has 1 aromatic rings. The molecular formula is C17H21N3O. The molecule has 2 rings (SSSR count). The molecule has 1 aromatic carbocycles. The molecule has 4 heteroatoms. The fourth-order valence-electron chi connectivity index (χ4n) is 2.47. The van der Waals surface area contributed by atoms with Gasteiger partial charge < -0.3 is 10.2 Å². The number of amides is 1. The first-order valence-corrected chi connectivity index (χ1v) is 7.43. The van der Waals surface area contributed by atoms with Crippen molar-refractivity contribution in [1.82, 2.24) is 4.90 Å². The molecule has 1 N–H and O–H groups in total. The first-order chi connectivity index (χ1) is 10.2. The largest absolute Gasteiger partial charge is 0.376 e. The van der Waals surface area contributed by atoms with Gasteiger partial charge in [-0.15, -0.1) is 0 Å². The second-order valence-corrected chi connectivity index (χ2v) is 5.43. The van der Waals surface area contributed by atoms with Gasteiger partial charge in [0, 0.05) is 25.0 Å². The van der Waals surface area contributed by atoms with Gasteiger partial charge >= 0.3 is 0 Å². The van der Waals surface area contributed by atoms with E-state index in [0.717, 1.165) is 37.2 Å². The first-order valence-electron chi connectivity index (χ1n) is 7.43. The van der Waals surface area contributed by atoms with Crippen molar-refractivity contribution in [2.24, 2.45) is 0 Å². The SMILES string of the molecule is Cc1cccc(NC(=O)/C(C#N)=C\N2CCCCCC2)c1. The summed E-state index contributed by atoms with van der Waals surface area (Å²) < 4.78 is 0. The molecule has 0 aromatic heterocycles. The van der Waals surface area contributed by atoms with Crippen LogP contribution in [0.1, 0.15) is 31.2 Å². The van der Waals surface area contributed by atoms with Crippen molar-refractivity contribution in [2.45, 2.75) is 32.6 Å². The summed E-state index contributed by atoms with van der Waals surface area (Å²) in [6.45, 7) is 3.81. The number of anilines is 1. The maximum atomic E-state index is 12.2. The summed E-state index contributed by atoms with van der Waals surface area (Å²) in [5.74, 6) is -0.340. The number of benzene rings is 1. The van der Waals surface area contributed by atoms with Gasteiger partial charge in [-0.05, 0) is 37.5 Å². The number of carbonyl (C=O) groups is 1. The molecule has 0 aliphatic carbocycles. The van der Waals surface area contributed by atoms with Crippen LogP contribution < -0.4 is 5.32 Å². The Morgan fingerprint density at radius 3 is 2.62 bits per heavy atom. The smallest absolute Gasteiger partial charge is 0.267 e. The number of carbonyl (C=O) groups excluding carboxylic acids is 1. The summed E-state index contributed by atoms with van der Waals surface area (Å²) >= 11 is 0. The number of nitrogens with zero attached hydrogens (tertiary/aromatic N) is 2. The third kappa shape index (κ3) is 4.64. The first kappa shape index (κ1) is 15.1. The van der Waals surface area contributed by atoms with E-state index in [1.165, 1.54) is 12.8 Å². The van der Waals surface area contributed by atoms with Gasteiger partial charge in [-0.1, -0.05) is 25.0 Å². The minimum absolute atomic E-state index is 0.165. The second-order valence-electron chi connectivity index (χ2n) is 5.43. The molecule has 0 spiro atoms. The highest BCUT2D eigenvalue weighted by Crippen LogP contribution is 2.13. The number of hydrogen-bond acceptors (Lipinski definition) is 3. The van der Waals surface area contributed by atoms with Crippen LogP contribution in [0.2, 0.25) is 0 Å². The number of likely N-dealkylation sites (tertiary alicyclic amines) is 1. The molecule has 1 saturated heterocycles. The fraction of sp³-hybridized carbons (Fsp3) is 0.412. The molecule has 0 unspecified atom stereocenters. The van der Waals surface area contributed by atoms with Crippen LogP contribution in [0.15, 0.2) is 36.0 Å². The lowest BCUT2D eigenvalue weighted by Gasteiger charge is -2.17. The highest BCUT2D eigenvalue weighted by atomic mass is 16.1. The Bertz CT molecular complexity index is 564. The van der Waals surface area contributed by atoms with Crippen LogP contribution in [-0.2, 0) is 4.79 Å². The van der Waals surface area contributed by atoms with E-state index in [0.29, 0.717) is 0 Å². The summed E-state index contributed by atoms with van der Waals surface area (Å²) in [6, 6.07) is 9.58. The number of nitrogens with one attached hydrogen (secondary N) is 1. The van der Waals surface area contributed by atoms with Gasteiger partial charge in [0.25, 0.3) is 5.91 Å². The summed E-state index contributed by atoms with van der Waals surface area (Å²) in [5, 5.41) is 12.0. The van der Waals surface area contributed by atoms with Crippen LogP contribution in [-0.4, -0.2) is 23.9 Å². The van der Waals surface area contributed by atoms with E-state index in [1.807, 2.05) is 37.3 Å². The number of nitriles is 1. The van der Waals surface area contributed by atoms with Gasteiger partial charge in [-0.25, -0.2) is 0 Å². The molecule has 4 nitrogen and oxygen atoms in total. The zero-order valence-corrected chi connectivity index (χ0v) is 12.4. The third-order valence-electron chi connectivity index (χ3n) is 3.59. The molecule has 21 heavy (non-hydrogen) atoms. The minimum atomic E-state index is -0.340. The highest BCUT2D eigenvalue weighted by Gasteiger charge is 2.13. The van der Waals surface area contributed by atoms with Crippen molar-refractivity contribution in [2.75, 3.05) is 18.4 Å². The van der Waals surface area contributed by atoms with Gasteiger partial charge in [0.15, 0.2) is 0 Å². The second kappa shape index (κ2) is 7.49. The van der Waals surface area contributed by atoms with Crippen molar-refractivity contribution in [1.29, 1.82) is 5.26 Å². The molecule has 0 radical (unpaired) electrons. The standard InChI is InChI=1S/C17H21N3O/c1-14-7-6-8-16(11-14)19-17(21)15(12-18)13-20-9-4-2-3-5-10-20/h6-8,11,13H,2-5,9-10H2,1H3,(H,19,21)/b15-13-. The van der Waals surface area contributed by atoms with Crippen molar-refractivity contribution >= 4 is 11.6 Å². The third-order valence-corrected chi connectivity index (χ3v) is 3.59. The molecule has 0 saturated carbocycles. The maximum absolute atomic E-state index is 12.2. The van der Waals surface area contributed by atoms with E-state index >= 15 is 0 Å². The highest BCUT2D eigenvalue weighted by molar-refractivity contribution is 6.06. The molecule has 0 bridgehead atoms. The Kier molecular flexibility index (Phi) is 5.39. The summed E-state index contributed by atoms with van der Waals surface area (Å²) in [4.78, 5) is 14.3. The minimum Gasteiger partial charge on any atom is -0.376 e. The molecule has 1 aliphatic heterocycles. The van der Waals surface area contributed by atoms with Crippen LogP contribution in [0.25, 0.3) is 0 Å². The molecule has 1 amide bonds. The van der Waals surface area contributed by atoms with Gasteiger partial charge in [0.2, 0.25) is 0 Å². The van der Waals surface area contributed by atoms with Crippen molar-refractivity contribution < 1.29 is 4.79 Å². The monoisotopic (exact) mass is 283 g/mol. The Morgan fingerprint density at radius 2 is 2.00 bits per heavy atom. The molecular weight excluding hydrogens is 262 g/mol. The lowest BCUT2D eigenvalue weighted by molar-refractivity contribution is -0.112. The number of aryl methyl sites for hydroxylation is 1. The van der Waals surface area contributed by atoms with E-state index in [4.69, 9.17) is 0 Å². The van der Waals surface area contributed by atoms with Gasteiger partial charge in [0.05, 0.1) is 0 Å². The molecule has 1 fully saturated rings. The van der Waals surface area contributed by atoms with Crippen LogP contribution in [0.5, 0.6) is 0 Å². The lowest BCUT2D eigenvalue weighted by atomic mass is 10.2. The van der Waals surface area contributed by atoms with E-state index in [1.54, 1.807) is 6.20 Å². The van der Waals surface area contributed by atoms with E-state index in [9.17, 15) is 10.1 Å².